The fraction of sp³-hybridized carbons (Fsp3) is 0.500. The van der Waals surface area contributed by atoms with Crippen LogP contribution in [0.3, 0.4) is 0 Å². The minimum absolute atomic E-state index is 0.0460. The standard InChI is InChI=1S/C12H15ClN2O2/c1-8(7-9-5-6-9)14-10-3-2-4-11(12(10)13)15(16)17/h2-4,8-9,14H,5-7H2,1H3. The minimum Gasteiger partial charge on any atom is -0.381 e. The summed E-state index contributed by atoms with van der Waals surface area (Å²) >= 11 is 6.00. The molecular formula is C12H15ClN2O2. The van der Waals surface area contributed by atoms with Crippen LogP contribution in [0.2, 0.25) is 5.02 Å². The lowest BCUT2D eigenvalue weighted by atomic mass is 10.1. The van der Waals surface area contributed by atoms with Gasteiger partial charge in [0.05, 0.1) is 10.6 Å². The van der Waals surface area contributed by atoms with Crippen LogP contribution in [0.15, 0.2) is 18.2 Å². The third-order valence-electron chi connectivity index (χ3n) is 2.96. The molecule has 1 saturated carbocycles. The van der Waals surface area contributed by atoms with Gasteiger partial charge >= 0.3 is 0 Å². The van der Waals surface area contributed by atoms with Crippen LogP contribution < -0.4 is 5.32 Å². The Morgan fingerprint density at radius 2 is 2.29 bits per heavy atom. The van der Waals surface area contributed by atoms with Crippen molar-refractivity contribution in [1.82, 2.24) is 0 Å². The Balaban J connectivity index is 2.08. The molecule has 1 aromatic carbocycles. The van der Waals surface area contributed by atoms with Crippen LogP contribution in [-0.2, 0) is 0 Å². The van der Waals surface area contributed by atoms with Crippen LogP contribution in [0.4, 0.5) is 11.4 Å². The SMILES string of the molecule is CC(CC1CC1)Nc1cccc([N+](=O)[O-])c1Cl. The molecule has 17 heavy (non-hydrogen) atoms. The average molecular weight is 255 g/mol. The summed E-state index contributed by atoms with van der Waals surface area (Å²) in [5, 5.41) is 14.2. The van der Waals surface area contributed by atoms with Crippen molar-refractivity contribution in [3.63, 3.8) is 0 Å². The quantitative estimate of drug-likeness (QED) is 0.641. The molecule has 0 aromatic heterocycles. The van der Waals surface area contributed by atoms with Gasteiger partial charge in [0, 0.05) is 12.1 Å². The molecule has 0 bridgehead atoms. The molecule has 1 atom stereocenters. The molecule has 1 fully saturated rings. The van der Waals surface area contributed by atoms with E-state index >= 15 is 0 Å². The number of rotatable bonds is 5. The Bertz CT molecular complexity index is 433. The zero-order valence-corrected chi connectivity index (χ0v) is 10.4. The topological polar surface area (TPSA) is 55.2 Å². The molecule has 92 valence electrons. The summed E-state index contributed by atoms with van der Waals surface area (Å²) in [6.07, 6.45) is 3.70. The smallest absolute Gasteiger partial charge is 0.289 e. The molecule has 1 aromatic rings. The lowest BCUT2D eigenvalue weighted by molar-refractivity contribution is -0.384. The van der Waals surface area contributed by atoms with Crippen molar-refractivity contribution in [2.75, 3.05) is 5.32 Å². The predicted octanol–water partition coefficient (Wildman–Crippen LogP) is 3.85. The first kappa shape index (κ1) is 12.2. The van der Waals surface area contributed by atoms with Crippen LogP contribution in [0.5, 0.6) is 0 Å². The lowest BCUT2D eigenvalue weighted by Gasteiger charge is -2.15. The second-order valence-corrected chi connectivity index (χ2v) is 5.00. The van der Waals surface area contributed by atoms with E-state index in [-0.39, 0.29) is 10.7 Å². The molecule has 5 heteroatoms. The molecule has 1 unspecified atom stereocenters. The highest BCUT2D eigenvalue weighted by molar-refractivity contribution is 6.35. The Morgan fingerprint density at radius 1 is 1.59 bits per heavy atom. The first-order valence-corrected chi connectivity index (χ1v) is 6.15. The van der Waals surface area contributed by atoms with Crippen LogP contribution in [0.25, 0.3) is 0 Å². The molecule has 0 spiro atoms. The van der Waals surface area contributed by atoms with Gasteiger partial charge in [0.2, 0.25) is 0 Å². The van der Waals surface area contributed by atoms with E-state index < -0.39 is 4.92 Å². The molecular weight excluding hydrogens is 240 g/mol. The average Bonchev–Trinajstić information content (AvgIpc) is 3.04. The van der Waals surface area contributed by atoms with E-state index in [9.17, 15) is 10.1 Å². The number of nitrogens with one attached hydrogen (secondary N) is 1. The van der Waals surface area contributed by atoms with Crippen molar-refractivity contribution < 1.29 is 4.92 Å². The number of hydrogen-bond acceptors (Lipinski definition) is 3. The van der Waals surface area contributed by atoms with E-state index in [1.807, 2.05) is 0 Å². The fourth-order valence-corrected chi connectivity index (χ4v) is 2.20. The minimum atomic E-state index is -0.459. The van der Waals surface area contributed by atoms with Crippen LogP contribution >= 0.6 is 11.6 Å². The van der Waals surface area contributed by atoms with Crippen molar-refractivity contribution in [2.45, 2.75) is 32.2 Å². The van der Waals surface area contributed by atoms with Crippen molar-refractivity contribution in [3.05, 3.63) is 33.3 Å². The first-order chi connectivity index (χ1) is 8.08. The molecule has 2 rings (SSSR count). The number of anilines is 1. The zero-order chi connectivity index (χ0) is 12.4. The van der Waals surface area contributed by atoms with Crippen LogP contribution in [0.1, 0.15) is 26.2 Å². The number of nitro groups is 1. The van der Waals surface area contributed by atoms with Gasteiger partial charge in [-0.1, -0.05) is 30.5 Å². The summed E-state index contributed by atoms with van der Waals surface area (Å²) in [5.74, 6) is 0.815. The summed E-state index contributed by atoms with van der Waals surface area (Å²) in [7, 11) is 0. The maximum absolute atomic E-state index is 10.7. The number of hydrogen-bond donors (Lipinski definition) is 1. The molecule has 4 nitrogen and oxygen atoms in total. The monoisotopic (exact) mass is 254 g/mol. The Kier molecular flexibility index (Phi) is 3.52. The summed E-state index contributed by atoms with van der Waals surface area (Å²) in [4.78, 5) is 10.3. The summed E-state index contributed by atoms with van der Waals surface area (Å²) < 4.78 is 0. The summed E-state index contributed by atoms with van der Waals surface area (Å²) in [6, 6.07) is 5.13. The maximum Gasteiger partial charge on any atom is 0.289 e. The molecule has 0 saturated heterocycles. The van der Waals surface area contributed by atoms with Gasteiger partial charge in [-0.05, 0) is 25.3 Å². The Labute approximate surface area is 105 Å². The highest BCUT2D eigenvalue weighted by atomic mass is 35.5. The van der Waals surface area contributed by atoms with E-state index in [0.717, 1.165) is 12.3 Å². The van der Waals surface area contributed by atoms with Crippen molar-refractivity contribution >= 4 is 23.0 Å². The van der Waals surface area contributed by atoms with Gasteiger partial charge in [0.1, 0.15) is 5.02 Å². The van der Waals surface area contributed by atoms with Gasteiger partial charge in [-0.3, -0.25) is 10.1 Å². The first-order valence-electron chi connectivity index (χ1n) is 5.77. The Hall–Kier alpha value is -1.29. The normalized spacial score (nSPS) is 16.6. The Morgan fingerprint density at radius 3 is 2.88 bits per heavy atom. The van der Waals surface area contributed by atoms with E-state index in [4.69, 9.17) is 11.6 Å². The number of nitro benzene ring substituents is 1. The van der Waals surface area contributed by atoms with Gasteiger partial charge in [-0.2, -0.15) is 0 Å². The molecule has 1 aliphatic carbocycles. The highest BCUT2D eigenvalue weighted by Gasteiger charge is 2.24. The molecule has 0 radical (unpaired) electrons. The molecule has 0 heterocycles. The van der Waals surface area contributed by atoms with Gasteiger partial charge in [0.15, 0.2) is 0 Å². The second kappa shape index (κ2) is 4.92. The summed E-state index contributed by atoms with van der Waals surface area (Å²) in [6.45, 7) is 2.08. The maximum atomic E-state index is 10.7. The van der Waals surface area contributed by atoms with Gasteiger partial charge in [-0.15, -0.1) is 0 Å². The fourth-order valence-electron chi connectivity index (χ4n) is 1.95. The van der Waals surface area contributed by atoms with Crippen LogP contribution in [0, 0.1) is 16.0 Å². The van der Waals surface area contributed by atoms with Gasteiger partial charge < -0.3 is 5.32 Å². The third kappa shape index (κ3) is 3.09. The van der Waals surface area contributed by atoms with Crippen molar-refractivity contribution in [2.24, 2.45) is 5.92 Å². The van der Waals surface area contributed by atoms with Crippen molar-refractivity contribution in [3.8, 4) is 0 Å². The van der Waals surface area contributed by atoms with Gasteiger partial charge in [0.25, 0.3) is 5.69 Å². The van der Waals surface area contributed by atoms with Crippen LogP contribution in [-0.4, -0.2) is 11.0 Å². The number of benzene rings is 1. The zero-order valence-electron chi connectivity index (χ0n) is 9.65. The summed E-state index contributed by atoms with van der Waals surface area (Å²) in [5.41, 5.74) is 0.601. The number of halogens is 1. The van der Waals surface area contributed by atoms with Gasteiger partial charge in [-0.25, -0.2) is 0 Å². The predicted molar refractivity (Wildman–Crippen MR) is 68.5 cm³/mol. The van der Waals surface area contributed by atoms with E-state index in [1.54, 1.807) is 12.1 Å². The largest absolute Gasteiger partial charge is 0.381 e. The second-order valence-electron chi connectivity index (χ2n) is 4.62. The molecule has 0 amide bonds. The van der Waals surface area contributed by atoms with Crippen molar-refractivity contribution in [1.29, 1.82) is 0 Å². The third-order valence-corrected chi connectivity index (χ3v) is 3.36. The molecule has 1 N–H and O–H groups in total. The lowest BCUT2D eigenvalue weighted by Crippen LogP contribution is -2.16. The van der Waals surface area contributed by atoms with E-state index in [1.165, 1.54) is 18.9 Å². The highest BCUT2D eigenvalue weighted by Crippen LogP contribution is 2.36. The molecule has 0 aliphatic heterocycles. The van der Waals surface area contributed by atoms with E-state index in [0.29, 0.717) is 11.7 Å². The number of nitrogens with zero attached hydrogens (tertiary/aromatic N) is 1. The molecule has 1 aliphatic rings. The van der Waals surface area contributed by atoms with E-state index in [2.05, 4.69) is 12.2 Å².